The molecule has 0 aliphatic carbocycles. The number of hydrogen-bond acceptors (Lipinski definition) is 4. The number of carbonyl (C=O) groups is 2. The average molecular weight is 330 g/mol. The Kier molecular flexibility index (Phi) is 6.20. The molecule has 0 saturated carbocycles. The molecule has 0 radical (unpaired) electrons. The van der Waals surface area contributed by atoms with E-state index in [0.717, 1.165) is 24.3 Å². The van der Waals surface area contributed by atoms with Crippen molar-refractivity contribution in [3.8, 4) is 0 Å². The van der Waals surface area contributed by atoms with Crippen molar-refractivity contribution in [3.63, 3.8) is 0 Å². The van der Waals surface area contributed by atoms with Gasteiger partial charge in [-0.1, -0.05) is 12.1 Å². The molecule has 0 aliphatic heterocycles. The van der Waals surface area contributed by atoms with E-state index in [1.807, 2.05) is 0 Å². The van der Waals surface area contributed by atoms with Crippen LogP contribution in [0.4, 0.5) is 26.3 Å². The van der Waals surface area contributed by atoms with E-state index >= 15 is 0 Å². The van der Waals surface area contributed by atoms with Crippen molar-refractivity contribution in [1.29, 1.82) is 0 Å². The number of halogens is 6. The quantitative estimate of drug-likeness (QED) is 0.594. The molecular weight excluding hydrogens is 322 g/mol. The Morgan fingerprint density at radius 3 is 1.32 bits per heavy atom. The van der Waals surface area contributed by atoms with Crippen LogP contribution < -0.4 is 0 Å². The van der Waals surface area contributed by atoms with Crippen LogP contribution in [0.5, 0.6) is 0 Å². The summed E-state index contributed by atoms with van der Waals surface area (Å²) in [6.07, 6.45) is -13.7. The second-order valence-electron chi connectivity index (χ2n) is 3.73. The Balaban J connectivity index is 2.94. The minimum absolute atomic E-state index is 0.739. The molecule has 10 heteroatoms. The van der Waals surface area contributed by atoms with Gasteiger partial charge in [0.05, 0.1) is 11.1 Å². The standard InChI is InChI=1S/C12H8F6O4/c13-7(14)9(17)21-11(19)5-3-1-2-4-6(5)12(20)22-10(18)8(15)16/h1-4,7-10H. The summed E-state index contributed by atoms with van der Waals surface area (Å²) in [4.78, 5) is 22.9. The lowest BCUT2D eigenvalue weighted by atomic mass is 10.1. The van der Waals surface area contributed by atoms with E-state index in [2.05, 4.69) is 9.47 Å². The third-order valence-electron chi connectivity index (χ3n) is 2.20. The molecule has 2 atom stereocenters. The number of ether oxygens (including phenoxy) is 2. The van der Waals surface area contributed by atoms with Crippen LogP contribution in [0.15, 0.2) is 24.3 Å². The van der Waals surface area contributed by atoms with Gasteiger partial charge in [-0.25, -0.2) is 27.2 Å². The van der Waals surface area contributed by atoms with Gasteiger partial charge in [0.2, 0.25) is 0 Å². The number of esters is 2. The molecule has 22 heavy (non-hydrogen) atoms. The maximum Gasteiger partial charge on any atom is 0.341 e. The number of alkyl halides is 6. The second-order valence-corrected chi connectivity index (χ2v) is 3.73. The van der Waals surface area contributed by atoms with Gasteiger partial charge >= 0.3 is 37.5 Å². The molecule has 0 heterocycles. The SMILES string of the molecule is O=C(OC(F)C(F)F)c1ccccc1C(=O)OC(F)C(F)F. The van der Waals surface area contributed by atoms with Crippen LogP contribution in [-0.2, 0) is 9.47 Å². The van der Waals surface area contributed by atoms with E-state index < -0.39 is 48.6 Å². The van der Waals surface area contributed by atoms with Gasteiger partial charge < -0.3 is 9.47 Å². The van der Waals surface area contributed by atoms with Gasteiger partial charge in [-0.05, 0) is 12.1 Å². The zero-order valence-corrected chi connectivity index (χ0v) is 10.5. The lowest BCUT2D eigenvalue weighted by Gasteiger charge is -2.13. The highest BCUT2D eigenvalue weighted by Crippen LogP contribution is 2.17. The van der Waals surface area contributed by atoms with Gasteiger partial charge in [-0.3, -0.25) is 0 Å². The predicted octanol–water partition coefficient (Wildman–Crippen LogP) is 3.12. The van der Waals surface area contributed by atoms with Crippen LogP contribution in [0.3, 0.4) is 0 Å². The van der Waals surface area contributed by atoms with Crippen molar-refractivity contribution in [2.75, 3.05) is 0 Å². The molecular formula is C12H8F6O4. The van der Waals surface area contributed by atoms with Crippen molar-refractivity contribution in [3.05, 3.63) is 35.4 Å². The summed E-state index contributed by atoms with van der Waals surface area (Å²) in [7, 11) is 0. The highest BCUT2D eigenvalue weighted by Gasteiger charge is 2.29. The molecule has 1 aromatic carbocycles. The monoisotopic (exact) mass is 330 g/mol. The van der Waals surface area contributed by atoms with E-state index in [1.54, 1.807) is 0 Å². The summed E-state index contributed by atoms with van der Waals surface area (Å²) in [6, 6.07) is 4.05. The van der Waals surface area contributed by atoms with Gasteiger partial charge in [-0.2, -0.15) is 8.78 Å². The fourth-order valence-corrected chi connectivity index (χ4v) is 1.27. The first-order valence-corrected chi connectivity index (χ1v) is 5.59. The summed E-state index contributed by atoms with van der Waals surface area (Å²) in [5.74, 6) is -3.32. The number of carbonyl (C=O) groups excluding carboxylic acids is 2. The minimum atomic E-state index is -3.61. The molecule has 0 aliphatic rings. The van der Waals surface area contributed by atoms with Crippen LogP contribution in [0.1, 0.15) is 20.7 Å². The molecule has 122 valence electrons. The lowest BCUT2D eigenvalue weighted by molar-refractivity contribution is -0.0990. The number of benzene rings is 1. The van der Waals surface area contributed by atoms with Crippen LogP contribution in [-0.4, -0.2) is 37.5 Å². The Labute approximate surface area is 119 Å². The van der Waals surface area contributed by atoms with Crippen LogP contribution in [0.25, 0.3) is 0 Å². The summed E-state index contributed by atoms with van der Waals surface area (Å²) in [6.45, 7) is 0. The molecule has 2 unspecified atom stereocenters. The molecule has 0 bridgehead atoms. The van der Waals surface area contributed by atoms with Crippen molar-refractivity contribution in [2.24, 2.45) is 0 Å². The Hall–Kier alpha value is -2.26. The fourth-order valence-electron chi connectivity index (χ4n) is 1.27. The van der Waals surface area contributed by atoms with Crippen LogP contribution in [0.2, 0.25) is 0 Å². The first-order valence-electron chi connectivity index (χ1n) is 5.59. The summed E-state index contributed by atoms with van der Waals surface area (Å²) in [5, 5.41) is 0. The largest absolute Gasteiger partial charge is 0.421 e. The lowest BCUT2D eigenvalue weighted by Crippen LogP contribution is -2.25. The first-order chi connectivity index (χ1) is 10.2. The number of rotatable bonds is 6. The maximum atomic E-state index is 12.6. The molecule has 0 amide bonds. The maximum absolute atomic E-state index is 12.6. The molecule has 0 N–H and O–H groups in total. The second kappa shape index (κ2) is 7.66. The Morgan fingerprint density at radius 2 is 1.05 bits per heavy atom. The topological polar surface area (TPSA) is 52.6 Å². The highest BCUT2D eigenvalue weighted by atomic mass is 19.3. The zero-order chi connectivity index (χ0) is 16.9. The summed E-state index contributed by atoms with van der Waals surface area (Å²) in [5.41, 5.74) is -1.48. The fraction of sp³-hybridized carbons (Fsp3) is 0.333. The Morgan fingerprint density at radius 1 is 0.727 bits per heavy atom. The van der Waals surface area contributed by atoms with Crippen LogP contribution >= 0.6 is 0 Å². The summed E-state index contributed by atoms with van der Waals surface area (Å²) >= 11 is 0. The minimum Gasteiger partial charge on any atom is -0.421 e. The normalized spacial score (nSPS) is 13.8. The zero-order valence-electron chi connectivity index (χ0n) is 10.5. The third kappa shape index (κ3) is 4.64. The van der Waals surface area contributed by atoms with Crippen molar-refractivity contribution >= 4 is 11.9 Å². The molecule has 0 fully saturated rings. The van der Waals surface area contributed by atoms with E-state index in [4.69, 9.17) is 0 Å². The first kappa shape index (κ1) is 17.8. The van der Waals surface area contributed by atoms with Crippen molar-refractivity contribution in [2.45, 2.75) is 25.6 Å². The van der Waals surface area contributed by atoms with Gasteiger partial charge in [0.15, 0.2) is 0 Å². The molecule has 0 aromatic heterocycles. The van der Waals surface area contributed by atoms with E-state index in [9.17, 15) is 35.9 Å². The van der Waals surface area contributed by atoms with E-state index in [-0.39, 0.29) is 0 Å². The molecule has 0 spiro atoms. The van der Waals surface area contributed by atoms with Gasteiger partial charge in [0, 0.05) is 0 Å². The highest BCUT2D eigenvalue weighted by molar-refractivity contribution is 6.03. The van der Waals surface area contributed by atoms with E-state index in [0.29, 0.717) is 0 Å². The van der Waals surface area contributed by atoms with Crippen molar-refractivity contribution in [1.82, 2.24) is 0 Å². The Bertz CT molecular complexity index is 489. The smallest absolute Gasteiger partial charge is 0.341 e. The van der Waals surface area contributed by atoms with E-state index in [1.165, 1.54) is 0 Å². The predicted molar refractivity (Wildman–Crippen MR) is 59.1 cm³/mol. The number of hydrogen-bond donors (Lipinski definition) is 0. The summed E-state index contributed by atoms with van der Waals surface area (Å²) < 4.78 is 80.5. The van der Waals surface area contributed by atoms with Gasteiger partial charge in [-0.15, -0.1) is 0 Å². The molecule has 1 aromatic rings. The van der Waals surface area contributed by atoms with Crippen LogP contribution in [0, 0.1) is 0 Å². The third-order valence-corrected chi connectivity index (χ3v) is 2.20. The molecule has 1 rings (SSSR count). The average Bonchev–Trinajstić information content (AvgIpc) is 2.46. The van der Waals surface area contributed by atoms with Gasteiger partial charge in [0.1, 0.15) is 0 Å². The van der Waals surface area contributed by atoms with Crippen molar-refractivity contribution < 1.29 is 45.4 Å². The van der Waals surface area contributed by atoms with Gasteiger partial charge in [0.25, 0.3) is 0 Å². The molecule has 0 saturated heterocycles. The molecule has 4 nitrogen and oxygen atoms in total.